The standard InChI is InChI=1S/C17H20N4O2S/c1-13-7-18-21(8-13)11-15-10-20(4-6-22-15)9-14-12-24-17(19-14)16-3-2-5-23-16/h2-3,5,7-8,12,15H,4,6,9-11H2,1H3/t15-/m0/s1. The van der Waals surface area contributed by atoms with Gasteiger partial charge in [0.15, 0.2) is 10.8 Å². The number of thiazole rings is 1. The van der Waals surface area contributed by atoms with E-state index in [1.807, 2.05) is 23.0 Å². The van der Waals surface area contributed by atoms with Crippen LogP contribution in [0, 0.1) is 6.92 Å². The summed E-state index contributed by atoms with van der Waals surface area (Å²) in [6.45, 7) is 6.26. The average Bonchev–Trinajstić information content (AvgIpc) is 3.29. The van der Waals surface area contributed by atoms with Crippen molar-refractivity contribution in [2.75, 3.05) is 19.7 Å². The lowest BCUT2D eigenvalue weighted by molar-refractivity contribution is -0.0405. The molecule has 3 aromatic rings. The first-order valence-corrected chi connectivity index (χ1v) is 8.95. The van der Waals surface area contributed by atoms with Crippen LogP contribution >= 0.6 is 11.3 Å². The van der Waals surface area contributed by atoms with Gasteiger partial charge in [0.05, 0.1) is 37.4 Å². The smallest absolute Gasteiger partial charge is 0.162 e. The molecule has 1 saturated heterocycles. The minimum Gasteiger partial charge on any atom is -0.462 e. The number of furan rings is 1. The first kappa shape index (κ1) is 15.6. The highest BCUT2D eigenvalue weighted by molar-refractivity contribution is 7.13. The Kier molecular flexibility index (Phi) is 4.46. The van der Waals surface area contributed by atoms with Crippen LogP contribution < -0.4 is 0 Å². The normalized spacial score (nSPS) is 19.0. The van der Waals surface area contributed by atoms with Crippen molar-refractivity contribution in [2.24, 2.45) is 0 Å². The molecule has 0 aromatic carbocycles. The molecule has 4 rings (SSSR count). The van der Waals surface area contributed by atoms with Gasteiger partial charge in [0.25, 0.3) is 0 Å². The van der Waals surface area contributed by atoms with Crippen LogP contribution in [0.25, 0.3) is 10.8 Å². The van der Waals surface area contributed by atoms with Gasteiger partial charge < -0.3 is 9.15 Å². The van der Waals surface area contributed by atoms with Gasteiger partial charge >= 0.3 is 0 Å². The number of nitrogens with zero attached hydrogens (tertiary/aromatic N) is 4. The van der Waals surface area contributed by atoms with E-state index in [0.717, 1.165) is 49.2 Å². The summed E-state index contributed by atoms with van der Waals surface area (Å²) in [5.41, 5.74) is 2.26. The number of aryl methyl sites for hydroxylation is 1. The van der Waals surface area contributed by atoms with Gasteiger partial charge in [0.2, 0.25) is 0 Å². The Morgan fingerprint density at radius 3 is 3.17 bits per heavy atom. The monoisotopic (exact) mass is 344 g/mol. The maximum Gasteiger partial charge on any atom is 0.162 e. The lowest BCUT2D eigenvalue weighted by Gasteiger charge is -2.32. The fourth-order valence-corrected chi connectivity index (χ4v) is 3.71. The number of ether oxygens (including phenoxy) is 1. The molecule has 0 radical (unpaired) electrons. The average molecular weight is 344 g/mol. The van der Waals surface area contributed by atoms with E-state index in [0.29, 0.717) is 0 Å². The van der Waals surface area contributed by atoms with E-state index in [-0.39, 0.29) is 6.10 Å². The van der Waals surface area contributed by atoms with Crippen molar-refractivity contribution < 1.29 is 9.15 Å². The van der Waals surface area contributed by atoms with Crippen molar-refractivity contribution in [3.05, 3.63) is 47.4 Å². The van der Waals surface area contributed by atoms with Crippen LogP contribution in [0.4, 0.5) is 0 Å². The van der Waals surface area contributed by atoms with E-state index < -0.39 is 0 Å². The highest BCUT2D eigenvalue weighted by Gasteiger charge is 2.22. The van der Waals surface area contributed by atoms with E-state index in [1.165, 1.54) is 5.56 Å². The van der Waals surface area contributed by atoms with Crippen molar-refractivity contribution >= 4 is 11.3 Å². The van der Waals surface area contributed by atoms with Crippen LogP contribution in [-0.2, 0) is 17.8 Å². The Balaban J connectivity index is 1.36. The summed E-state index contributed by atoms with van der Waals surface area (Å²) in [5, 5.41) is 7.39. The molecule has 0 saturated carbocycles. The zero-order chi connectivity index (χ0) is 16.4. The Hall–Kier alpha value is -1.96. The summed E-state index contributed by atoms with van der Waals surface area (Å²) >= 11 is 1.63. The van der Waals surface area contributed by atoms with E-state index in [1.54, 1.807) is 17.6 Å². The first-order valence-electron chi connectivity index (χ1n) is 8.07. The van der Waals surface area contributed by atoms with Crippen molar-refractivity contribution in [3.8, 4) is 10.8 Å². The Morgan fingerprint density at radius 2 is 2.38 bits per heavy atom. The second-order valence-electron chi connectivity index (χ2n) is 6.09. The largest absolute Gasteiger partial charge is 0.462 e. The second-order valence-corrected chi connectivity index (χ2v) is 6.95. The Morgan fingerprint density at radius 1 is 1.42 bits per heavy atom. The molecule has 1 fully saturated rings. The molecule has 126 valence electrons. The molecule has 7 heteroatoms. The van der Waals surface area contributed by atoms with Crippen molar-refractivity contribution in [1.29, 1.82) is 0 Å². The molecule has 1 atom stereocenters. The minimum atomic E-state index is 0.168. The highest BCUT2D eigenvalue weighted by atomic mass is 32.1. The van der Waals surface area contributed by atoms with Gasteiger partial charge in [-0.05, 0) is 24.6 Å². The van der Waals surface area contributed by atoms with E-state index in [4.69, 9.17) is 9.15 Å². The van der Waals surface area contributed by atoms with Crippen LogP contribution in [0.5, 0.6) is 0 Å². The summed E-state index contributed by atoms with van der Waals surface area (Å²) < 4.78 is 13.3. The summed E-state index contributed by atoms with van der Waals surface area (Å²) in [7, 11) is 0. The predicted molar refractivity (Wildman–Crippen MR) is 91.8 cm³/mol. The second kappa shape index (κ2) is 6.88. The quantitative estimate of drug-likeness (QED) is 0.712. The molecular formula is C17H20N4O2S. The van der Waals surface area contributed by atoms with Crippen molar-refractivity contribution in [2.45, 2.75) is 26.1 Å². The fourth-order valence-electron chi connectivity index (χ4n) is 2.93. The third-order valence-electron chi connectivity index (χ3n) is 4.05. The lowest BCUT2D eigenvalue weighted by Crippen LogP contribution is -2.43. The Bertz CT molecular complexity index is 780. The zero-order valence-corrected chi connectivity index (χ0v) is 14.4. The summed E-state index contributed by atoms with van der Waals surface area (Å²) in [5.74, 6) is 0.833. The molecule has 0 amide bonds. The fraction of sp³-hybridized carbons (Fsp3) is 0.412. The number of aromatic nitrogens is 3. The molecule has 24 heavy (non-hydrogen) atoms. The van der Waals surface area contributed by atoms with Gasteiger partial charge in [-0.25, -0.2) is 4.98 Å². The van der Waals surface area contributed by atoms with E-state index in [9.17, 15) is 0 Å². The third-order valence-corrected chi connectivity index (χ3v) is 4.95. The van der Waals surface area contributed by atoms with Crippen molar-refractivity contribution in [1.82, 2.24) is 19.7 Å². The molecule has 0 bridgehead atoms. The molecule has 3 aromatic heterocycles. The molecule has 0 N–H and O–H groups in total. The molecule has 1 aliphatic rings. The molecule has 4 heterocycles. The number of hydrogen-bond donors (Lipinski definition) is 0. The molecule has 0 spiro atoms. The minimum absolute atomic E-state index is 0.168. The summed E-state index contributed by atoms with van der Waals surface area (Å²) in [4.78, 5) is 7.08. The van der Waals surface area contributed by atoms with Gasteiger partial charge in [-0.1, -0.05) is 0 Å². The van der Waals surface area contributed by atoms with Crippen LogP contribution in [-0.4, -0.2) is 45.5 Å². The number of morpholine rings is 1. The molecule has 6 nitrogen and oxygen atoms in total. The van der Waals surface area contributed by atoms with Gasteiger partial charge in [0, 0.05) is 31.2 Å². The van der Waals surface area contributed by atoms with Crippen molar-refractivity contribution in [3.63, 3.8) is 0 Å². The van der Waals surface area contributed by atoms with Crippen LogP contribution in [0.15, 0.2) is 40.6 Å². The van der Waals surface area contributed by atoms with E-state index in [2.05, 4.69) is 33.5 Å². The van der Waals surface area contributed by atoms with Gasteiger partial charge in [-0.15, -0.1) is 11.3 Å². The van der Waals surface area contributed by atoms with Gasteiger partial charge in [-0.2, -0.15) is 5.10 Å². The molecule has 1 aliphatic heterocycles. The van der Waals surface area contributed by atoms with Crippen LogP contribution in [0.2, 0.25) is 0 Å². The predicted octanol–water partition coefficient (Wildman–Crippen LogP) is 2.81. The Labute approximate surface area is 144 Å². The van der Waals surface area contributed by atoms with Gasteiger partial charge in [-0.3, -0.25) is 9.58 Å². The number of hydrogen-bond acceptors (Lipinski definition) is 6. The van der Waals surface area contributed by atoms with Gasteiger partial charge in [0.1, 0.15) is 0 Å². The number of rotatable bonds is 5. The maximum absolute atomic E-state index is 5.89. The SMILES string of the molecule is Cc1cnn(C[C@@H]2CN(Cc3csc(-c4ccco4)n3)CCO2)c1. The van der Waals surface area contributed by atoms with Crippen LogP contribution in [0.3, 0.4) is 0 Å². The molecular weight excluding hydrogens is 324 g/mol. The topological polar surface area (TPSA) is 56.3 Å². The molecule has 0 aliphatic carbocycles. The highest BCUT2D eigenvalue weighted by Crippen LogP contribution is 2.24. The third kappa shape index (κ3) is 3.58. The lowest BCUT2D eigenvalue weighted by atomic mass is 10.2. The maximum atomic E-state index is 5.89. The van der Waals surface area contributed by atoms with E-state index >= 15 is 0 Å². The first-order chi connectivity index (χ1) is 11.8. The zero-order valence-electron chi connectivity index (χ0n) is 13.6. The summed E-state index contributed by atoms with van der Waals surface area (Å²) in [6.07, 6.45) is 5.78. The van der Waals surface area contributed by atoms with Crippen LogP contribution in [0.1, 0.15) is 11.3 Å². The molecule has 0 unspecified atom stereocenters. The summed E-state index contributed by atoms with van der Waals surface area (Å²) in [6, 6.07) is 3.83.